The molecule has 1 atom stereocenters. The van der Waals surface area contributed by atoms with E-state index in [1.54, 1.807) is 17.0 Å². The first-order valence-corrected chi connectivity index (χ1v) is 6.01. The van der Waals surface area contributed by atoms with Gasteiger partial charge in [-0.3, -0.25) is 4.79 Å². The Morgan fingerprint density at radius 3 is 3.06 bits per heavy atom. The minimum atomic E-state index is -0.298. The van der Waals surface area contributed by atoms with Crippen molar-refractivity contribution < 1.29 is 9.90 Å². The maximum atomic E-state index is 12.1. The van der Waals surface area contributed by atoms with Crippen LogP contribution in [0.1, 0.15) is 6.42 Å². The number of carbonyl (C=O) groups excluding carboxylic acids is 1. The Labute approximate surface area is 105 Å². The van der Waals surface area contributed by atoms with Crippen molar-refractivity contribution in [2.75, 3.05) is 24.6 Å². The molecule has 1 fully saturated rings. The summed E-state index contributed by atoms with van der Waals surface area (Å²) in [5.41, 5.74) is 0.812. The molecular weight excluding hydrogens is 240 g/mol. The van der Waals surface area contributed by atoms with E-state index in [1.807, 2.05) is 12.1 Å². The van der Waals surface area contributed by atoms with E-state index < -0.39 is 0 Å². The normalized spacial score (nSPS) is 20.7. The summed E-state index contributed by atoms with van der Waals surface area (Å²) < 4.78 is 0. The lowest BCUT2D eigenvalue weighted by atomic mass is 10.1. The van der Waals surface area contributed by atoms with Crippen LogP contribution >= 0.6 is 11.6 Å². The molecule has 0 radical (unpaired) electrons. The highest BCUT2D eigenvalue weighted by Crippen LogP contribution is 2.21. The Balaban J connectivity index is 2.17. The third-order valence-electron chi connectivity index (χ3n) is 2.83. The highest BCUT2D eigenvalue weighted by molar-refractivity contribution is 6.30. The molecule has 5 heteroatoms. The Bertz CT molecular complexity index is 409. The topological polar surface area (TPSA) is 52.6 Å². The van der Waals surface area contributed by atoms with Gasteiger partial charge in [0.15, 0.2) is 0 Å². The second-order valence-corrected chi connectivity index (χ2v) is 4.43. The van der Waals surface area contributed by atoms with Gasteiger partial charge in [0.25, 0.3) is 0 Å². The summed E-state index contributed by atoms with van der Waals surface area (Å²) in [6.07, 6.45) is 0.440. The quantitative estimate of drug-likeness (QED) is 0.847. The number of aliphatic hydroxyl groups is 1. The summed E-state index contributed by atoms with van der Waals surface area (Å²) in [4.78, 5) is 13.8. The molecule has 1 aliphatic heterocycles. The van der Waals surface area contributed by atoms with Crippen LogP contribution < -0.4 is 10.2 Å². The predicted molar refractivity (Wildman–Crippen MR) is 67.3 cm³/mol. The van der Waals surface area contributed by atoms with Crippen LogP contribution in [0.15, 0.2) is 24.3 Å². The summed E-state index contributed by atoms with van der Waals surface area (Å²) >= 11 is 5.92. The second-order valence-electron chi connectivity index (χ2n) is 3.99. The summed E-state index contributed by atoms with van der Waals surface area (Å²) in [5, 5.41) is 12.6. The largest absolute Gasteiger partial charge is 0.396 e. The first-order valence-electron chi connectivity index (χ1n) is 5.63. The van der Waals surface area contributed by atoms with Crippen molar-refractivity contribution in [1.29, 1.82) is 0 Å². The van der Waals surface area contributed by atoms with Crippen LogP contribution in [0.2, 0.25) is 5.02 Å². The van der Waals surface area contributed by atoms with Crippen molar-refractivity contribution >= 4 is 23.2 Å². The van der Waals surface area contributed by atoms with Crippen LogP contribution in [-0.2, 0) is 4.79 Å². The van der Waals surface area contributed by atoms with E-state index >= 15 is 0 Å². The molecule has 0 aliphatic carbocycles. The van der Waals surface area contributed by atoms with Gasteiger partial charge in [-0.1, -0.05) is 17.7 Å². The highest BCUT2D eigenvalue weighted by atomic mass is 35.5. The van der Waals surface area contributed by atoms with Crippen molar-refractivity contribution in [2.24, 2.45) is 0 Å². The summed E-state index contributed by atoms with van der Waals surface area (Å²) in [6.45, 7) is 1.36. The summed E-state index contributed by atoms with van der Waals surface area (Å²) in [6, 6.07) is 6.95. The second kappa shape index (κ2) is 5.49. The number of hydrogen-bond donors (Lipinski definition) is 2. The smallest absolute Gasteiger partial charge is 0.244 e. The van der Waals surface area contributed by atoms with Crippen LogP contribution in [0.3, 0.4) is 0 Å². The molecular formula is C12H15ClN2O2. The Kier molecular flexibility index (Phi) is 3.99. The molecule has 0 aromatic heterocycles. The first-order chi connectivity index (χ1) is 8.22. The van der Waals surface area contributed by atoms with E-state index in [-0.39, 0.29) is 18.6 Å². The lowest BCUT2D eigenvalue weighted by Crippen LogP contribution is -2.55. The van der Waals surface area contributed by atoms with Crippen molar-refractivity contribution in [3.63, 3.8) is 0 Å². The molecule has 1 aliphatic rings. The molecule has 0 saturated carbocycles. The van der Waals surface area contributed by atoms with Crippen LogP contribution in [0.25, 0.3) is 0 Å². The predicted octanol–water partition coefficient (Wildman–Crippen LogP) is 1.03. The summed E-state index contributed by atoms with van der Waals surface area (Å²) in [5.74, 6) is -0.00688. The minimum Gasteiger partial charge on any atom is -0.396 e. The van der Waals surface area contributed by atoms with Crippen molar-refractivity contribution in [3.05, 3.63) is 29.3 Å². The number of nitrogens with zero attached hydrogens (tertiary/aromatic N) is 1. The van der Waals surface area contributed by atoms with Crippen LogP contribution in [0.4, 0.5) is 5.69 Å². The fraction of sp³-hybridized carbons (Fsp3) is 0.417. The van der Waals surface area contributed by atoms with E-state index in [0.717, 1.165) is 12.2 Å². The number of amides is 1. The molecule has 0 bridgehead atoms. The fourth-order valence-electron chi connectivity index (χ4n) is 1.99. The van der Waals surface area contributed by atoms with Gasteiger partial charge in [-0.2, -0.15) is 0 Å². The third-order valence-corrected chi connectivity index (χ3v) is 3.06. The molecule has 2 rings (SSSR count). The molecule has 2 N–H and O–H groups in total. The average molecular weight is 255 g/mol. The van der Waals surface area contributed by atoms with Gasteiger partial charge in [0.2, 0.25) is 5.91 Å². The molecule has 4 nitrogen and oxygen atoms in total. The zero-order valence-corrected chi connectivity index (χ0v) is 10.2. The Hall–Kier alpha value is -1.10. The van der Waals surface area contributed by atoms with E-state index in [1.165, 1.54) is 0 Å². The maximum Gasteiger partial charge on any atom is 0.244 e. The third kappa shape index (κ3) is 2.77. The van der Waals surface area contributed by atoms with Gasteiger partial charge >= 0.3 is 0 Å². The number of nitrogens with one attached hydrogen (secondary N) is 1. The molecule has 1 aromatic rings. The lowest BCUT2D eigenvalue weighted by Gasteiger charge is -2.33. The standard InChI is InChI=1S/C12H15ClN2O2/c13-9-2-1-3-10(8-9)15-6-5-14-11(4-7-16)12(15)17/h1-3,8,11,14,16H,4-7H2. The van der Waals surface area contributed by atoms with Gasteiger partial charge in [0.1, 0.15) is 0 Å². The van der Waals surface area contributed by atoms with E-state index in [2.05, 4.69) is 5.32 Å². The zero-order valence-electron chi connectivity index (χ0n) is 9.40. The number of carbonyl (C=O) groups is 1. The number of halogens is 1. The van der Waals surface area contributed by atoms with Gasteiger partial charge < -0.3 is 15.3 Å². The van der Waals surface area contributed by atoms with Crippen LogP contribution in [0, 0.1) is 0 Å². The number of benzene rings is 1. The van der Waals surface area contributed by atoms with Gasteiger partial charge in [0, 0.05) is 30.4 Å². The van der Waals surface area contributed by atoms with Gasteiger partial charge in [-0.15, -0.1) is 0 Å². The number of piperazine rings is 1. The van der Waals surface area contributed by atoms with Crippen molar-refractivity contribution in [2.45, 2.75) is 12.5 Å². The average Bonchev–Trinajstić information content (AvgIpc) is 2.32. The first kappa shape index (κ1) is 12.4. The molecule has 1 heterocycles. The number of rotatable bonds is 3. The highest BCUT2D eigenvalue weighted by Gasteiger charge is 2.28. The van der Waals surface area contributed by atoms with Crippen LogP contribution in [-0.4, -0.2) is 36.8 Å². The number of anilines is 1. The van der Waals surface area contributed by atoms with Crippen molar-refractivity contribution in [3.8, 4) is 0 Å². The molecule has 1 amide bonds. The SMILES string of the molecule is O=C1C(CCO)NCCN1c1cccc(Cl)c1. The van der Waals surface area contributed by atoms with Gasteiger partial charge in [-0.05, 0) is 24.6 Å². The van der Waals surface area contributed by atoms with Crippen LogP contribution in [0.5, 0.6) is 0 Å². The zero-order chi connectivity index (χ0) is 12.3. The lowest BCUT2D eigenvalue weighted by molar-refractivity contribution is -0.122. The molecule has 1 saturated heterocycles. The van der Waals surface area contributed by atoms with Gasteiger partial charge in [-0.25, -0.2) is 0 Å². The number of hydrogen-bond acceptors (Lipinski definition) is 3. The monoisotopic (exact) mass is 254 g/mol. The molecule has 17 heavy (non-hydrogen) atoms. The van der Waals surface area contributed by atoms with E-state index in [4.69, 9.17) is 16.7 Å². The van der Waals surface area contributed by atoms with E-state index in [9.17, 15) is 4.79 Å². The Morgan fingerprint density at radius 2 is 2.35 bits per heavy atom. The molecule has 1 unspecified atom stereocenters. The number of aliphatic hydroxyl groups excluding tert-OH is 1. The van der Waals surface area contributed by atoms with E-state index in [0.29, 0.717) is 18.0 Å². The molecule has 92 valence electrons. The van der Waals surface area contributed by atoms with Gasteiger partial charge in [0.05, 0.1) is 6.04 Å². The maximum absolute atomic E-state index is 12.1. The van der Waals surface area contributed by atoms with Crippen molar-refractivity contribution in [1.82, 2.24) is 5.32 Å². The molecule has 1 aromatic carbocycles. The molecule has 0 spiro atoms. The fourth-order valence-corrected chi connectivity index (χ4v) is 2.18. The minimum absolute atomic E-state index is 0.00674. The Morgan fingerprint density at radius 1 is 1.53 bits per heavy atom. The summed E-state index contributed by atoms with van der Waals surface area (Å²) in [7, 11) is 0.